The zero-order chi connectivity index (χ0) is 37.7. The van der Waals surface area contributed by atoms with E-state index in [1.165, 1.54) is 32.9 Å². The zero-order valence-corrected chi connectivity index (χ0v) is 31.1. The summed E-state index contributed by atoms with van der Waals surface area (Å²) in [5.74, 6) is 0. The van der Waals surface area contributed by atoms with Crippen LogP contribution in [0.1, 0.15) is 0 Å². The molecule has 0 aliphatic heterocycles. The van der Waals surface area contributed by atoms with Gasteiger partial charge in [0.05, 0.1) is 16.7 Å². The van der Waals surface area contributed by atoms with Gasteiger partial charge in [0.25, 0.3) is 0 Å². The molecule has 57 heavy (non-hydrogen) atoms. The number of fused-ring (bicyclic) bond motifs is 6. The van der Waals surface area contributed by atoms with E-state index < -0.39 is 0 Å². The summed E-state index contributed by atoms with van der Waals surface area (Å²) in [5, 5.41) is 4.72. The van der Waals surface area contributed by atoms with Crippen LogP contribution in [0.2, 0.25) is 0 Å². The molecule has 0 aliphatic carbocycles. The number of nitrogens with zero attached hydrogens (tertiary/aromatic N) is 2. The van der Waals surface area contributed by atoms with Crippen LogP contribution in [0.15, 0.2) is 223 Å². The molecule has 2 aromatic heterocycles. The molecule has 0 amide bonds. The monoisotopic (exact) mass is 728 g/mol. The molecular weight excluding hydrogens is 693 g/mol. The molecule has 3 nitrogen and oxygen atoms in total. The molecule has 0 radical (unpaired) electrons. The van der Waals surface area contributed by atoms with E-state index in [0.717, 1.165) is 66.9 Å². The predicted octanol–water partition coefficient (Wildman–Crippen LogP) is 15.2. The maximum atomic E-state index is 6.44. The van der Waals surface area contributed by atoms with E-state index >= 15 is 0 Å². The van der Waals surface area contributed by atoms with Crippen molar-refractivity contribution in [2.24, 2.45) is 0 Å². The minimum Gasteiger partial charge on any atom is -0.456 e. The van der Waals surface area contributed by atoms with Gasteiger partial charge in [-0.2, -0.15) is 0 Å². The lowest BCUT2D eigenvalue weighted by Crippen LogP contribution is -2.10. The average molecular weight is 729 g/mol. The lowest BCUT2D eigenvalue weighted by atomic mass is 9.92. The summed E-state index contributed by atoms with van der Waals surface area (Å²) >= 11 is 0. The first-order valence-electron chi connectivity index (χ1n) is 19.4. The predicted molar refractivity (Wildman–Crippen MR) is 239 cm³/mol. The highest BCUT2D eigenvalue weighted by atomic mass is 16.3. The molecule has 0 aliphatic rings. The first-order chi connectivity index (χ1) is 28.3. The van der Waals surface area contributed by atoms with Crippen LogP contribution < -0.4 is 4.90 Å². The van der Waals surface area contributed by atoms with Crippen LogP contribution >= 0.6 is 0 Å². The summed E-state index contributed by atoms with van der Waals surface area (Å²) in [6.07, 6.45) is 0. The molecule has 11 aromatic rings. The minimum atomic E-state index is 0.861. The Hall–Kier alpha value is -7.62. The van der Waals surface area contributed by atoms with Crippen molar-refractivity contribution in [3.63, 3.8) is 0 Å². The van der Waals surface area contributed by atoms with Crippen molar-refractivity contribution in [3.05, 3.63) is 218 Å². The molecule has 0 unspecified atom stereocenters. The first kappa shape index (κ1) is 32.8. The van der Waals surface area contributed by atoms with Crippen LogP contribution in [0.3, 0.4) is 0 Å². The van der Waals surface area contributed by atoms with E-state index in [9.17, 15) is 0 Å². The summed E-state index contributed by atoms with van der Waals surface area (Å²) in [6.45, 7) is 0. The van der Waals surface area contributed by atoms with Gasteiger partial charge in [-0.05, 0) is 88.5 Å². The number of aromatic nitrogens is 1. The normalized spacial score (nSPS) is 11.5. The molecule has 11 rings (SSSR count). The third kappa shape index (κ3) is 5.60. The van der Waals surface area contributed by atoms with Crippen LogP contribution in [0, 0.1) is 0 Å². The summed E-state index contributed by atoms with van der Waals surface area (Å²) in [6, 6.07) is 78.2. The standard InChI is InChI=1S/C54H36N2O/c1-3-15-37(16-4-1)38-27-29-40(30-28-38)55(42-32-34-48-47-22-10-14-26-53(47)57-54(48)36-42)41-31-33-43(49(35-41)39-17-5-2-6-18-39)44-19-7-11-23-50(44)56-51-24-12-8-20-45(51)46-21-9-13-25-52(46)56/h1-36H. The van der Waals surface area contributed by atoms with Crippen molar-refractivity contribution < 1.29 is 4.42 Å². The highest BCUT2D eigenvalue weighted by Crippen LogP contribution is 2.44. The van der Waals surface area contributed by atoms with Gasteiger partial charge >= 0.3 is 0 Å². The van der Waals surface area contributed by atoms with E-state index in [1.54, 1.807) is 0 Å². The van der Waals surface area contributed by atoms with Crippen LogP contribution in [0.4, 0.5) is 17.1 Å². The fourth-order valence-corrected chi connectivity index (χ4v) is 8.58. The average Bonchev–Trinajstić information content (AvgIpc) is 3.83. The molecule has 0 N–H and O–H groups in total. The molecule has 0 bridgehead atoms. The molecule has 3 heteroatoms. The Morgan fingerprint density at radius 1 is 0.316 bits per heavy atom. The number of para-hydroxylation sites is 4. The second kappa shape index (κ2) is 13.6. The van der Waals surface area contributed by atoms with Crippen LogP contribution in [0.5, 0.6) is 0 Å². The van der Waals surface area contributed by atoms with Gasteiger partial charge in [-0.15, -0.1) is 0 Å². The molecule has 2 heterocycles. The van der Waals surface area contributed by atoms with Gasteiger partial charge in [-0.1, -0.05) is 152 Å². The Balaban J connectivity index is 1.12. The third-order valence-corrected chi connectivity index (χ3v) is 11.2. The number of hydrogen-bond acceptors (Lipinski definition) is 2. The second-order valence-corrected chi connectivity index (χ2v) is 14.5. The van der Waals surface area contributed by atoms with Crippen molar-refractivity contribution in [2.45, 2.75) is 0 Å². The molecule has 9 aromatic carbocycles. The minimum absolute atomic E-state index is 0.861. The molecule has 0 atom stereocenters. The Morgan fingerprint density at radius 3 is 1.58 bits per heavy atom. The van der Waals surface area contributed by atoms with Gasteiger partial charge in [0, 0.05) is 50.2 Å². The number of rotatable bonds is 7. The van der Waals surface area contributed by atoms with Crippen LogP contribution in [-0.4, -0.2) is 4.57 Å². The Bertz CT molecular complexity index is 3180. The summed E-state index contributed by atoms with van der Waals surface area (Å²) < 4.78 is 8.87. The zero-order valence-electron chi connectivity index (χ0n) is 31.1. The first-order valence-corrected chi connectivity index (χ1v) is 19.4. The Labute approximate surface area is 330 Å². The number of anilines is 3. The molecule has 0 spiro atoms. The van der Waals surface area contributed by atoms with Crippen LogP contribution in [0.25, 0.3) is 82.8 Å². The summed E-state index contributed by atoms with van der Waals surface area (Å²) in [7, 11) is 0. The quantitative estimate of drug-likeness (QED) is 0.163. The van der Waals surface area contributed by atoms with Gasteiger partial charge in [-0.25, -0.2) is 0 Å². The van der Waals surface area contributed by atoms with Gasteiger partial charge in [0.15, 0.2) is 0 Å². The molecule has 0 saturated carbocycles. The van der Waals surface area contributed by atoms with Gasteiger partial charge in [-0.3, -0.25) is 0 Å². The summed E-state index contributed by atoms with van der Waals surface area (Å²) in [4.78, 5) is 2.34. The fourth-order valence-electron chi connectivity index (χ4n) is 8.58. The second-order valence-electron chi connectivity index (χ2n) is 14.5. The molecule has 0 saturated heterocycles. The number of furan rings is 1. The largest absolute Gasteiger partial charge is 0.456 e. The number of hydrogen-bond donors (Lipinski definition) is 0. The fraction of sp³-hybridized carbons (Fsp3) is 0. The molecule has 0 fully saturated rings. The molecular formula is C54H36N2O. The van der Waals surface area contributed by atoms with E-state index in [-0.39, 0.29) is 0 Å². The number of benzene rings is 9. The SMILES string of the molecule is c1ccc(-c2ccc(N(c3ccc(-c4ccccc4-n4c5ccccc5c5ccccc54)c(-c4ccccc4)c3)c3ccc4c(c3)oc3ccccc34)cc2)cc1. The third-order valence-electron chi connectivity index (χ3n) is 11.2. The van der Waals surface area contributed by atoms with Gasteiger partial charge in [0.2, 0.25) is 0 Å². The van der Waals surface area contributed by atoms with Crippen molar-refractivity contribution >= 4 is 60.8 Å². The van der Waals surface area contributed by atoms with E-state index in [2.05, 4.69) is 216 Å². The van der Waals surface area contributed by atoms with Crippen molar-refractivity contribution in [1.82, 2.24) is 4.57 Å². The van der Waals surface area contributed by atoms with E-state index in [1.807, 2.05) is 12.1 Å². The topological polar surface area (TPSA) is 21.3 Å². The lowest BCUT2D eigenvalue weighted by molar-refractivity contribution is 0.669. The maximum Gasteiger partial charge on any atom is 0.137 e. The van der Waals surface area contributed by atoms with Gasteiger partial charge in [0.1, 0.15) is 11.2 Å². The van der Waals surface area contributed by atoms with E-state index in [0.29, 0.717) is 0 Å². The molecule has 268 valence electrons. The van der Waals surface area contributed by atoms with Crippen molar-refractivity contribution in [2.75, 3.05) is 4.90 Å². The van der Waals surface area contributed by atoms with Crippen molar-refractivity contribution in [1.29, 1.82) is 0 Å². The Kier molecular flexibility index (Phi) is 7.82. The highest BCUT2D eigenvalue weighted by molar-refractivity contribution is 6.10. The van der Waals surface area contributed by atoms with Crippen molar-refractivity contribution in [3.8, 4) is 39.1 Å². The van der Waals surface area contributed by atoms with Crippen LogP contribution in [-0.2, 0) is 0 Å². The van der Waals surface area contributed by atoms with Gasteiger partial charge < -0.3 is 13.9 Å². The Morgan fingerprint density at radius 2 is 0.842 bits per heavy atom. The lowest BCUT2D eigenvalue weighted by Gasteiger charge is -2.27. The van der Waals surface area contributed by atoms with E-state index in [4.69, 9.17) is 4.42 Å². The summed E-state index contributed by atoms with van der Waals surface area (Å²) in [5.41, 5.74) is 15.4. The smallest absolute Gasteiger partial charge is 0.137 e. The highest BCUT2D eigenvalue weighted by Gasteiger charge is 2.21. The maximum absolute atomic E-state index is 6.44.